The molecule has 1 aliphatic rings. The summed E-state index contributed by atoms with van der Waals surface area (Å²) >= 11 is 0. The van der Waals surface area contributed by atoms with Crippen LogP contribution >= 0.6 is 0 Å². The van der Waals surface area contributed by atoms with Gasteiger partial charge in [-0.3, -0.25) is 9.59 Å². The van der Waals surface area contributed by atoms with Crippen LogP contribution in [0.2, 0.25) is 0 Å². The molecule has 0 aliphatic carbocycles. The topological polar surface area (TPSA) is 104 Å². The number of nitrogens with zero attached hydrogens (tertiary/aromatic N) is 1. The average molecular weight is 294 g/mol. The van der Waals surface area contributed by atoms with Crippen LogP contribution in [0.15, 0.2) is 29.2 Å². The van der Waals surface area contributed by atoms with Gasteiger partial charge in [0.25, 0.3) is 0 Å². The molecule has 0 spiro atoms. The van der Waals surface area contributed by atoms with Crippen molar-refractivity contribution in [3.8, 4) is 0 Å². The highest BCUT2D eigenvalue weighted by atomic mass is 32.2. The minimum Gasteiger partial charge on any atom is -0.480 e. The lowest BCUT2D eigenvalue weighted by Gasteiger charge is -2.31. The van der Waals surface area contributed by atoms with Crippen LogP contribution in [0, 0.1) is 0 Å². The number of nitrogens with one attached hydrogen (secondary N) is 1. The Hall–Kier alpha value is -1.87. The van der Waals surface area contributed by atoms with Crippen LogP contribution in [0.1, 0.15) is 0 Å². The summed E-state index contributed by atoms with van der Waals surface area (Å²) in [5.41, 5.74) is 0.384. The Labute approximate surface area is 117 Å². The highest BCUT2D eigenvalue weighted by molar-refractivity contribution is 7.89. The van der Waals surface area contributed by atoms with Gasteiger partial charge in [0, 0.05) is 6.54 Å². The summed E-state index contributed by atoms with van der Waals surface area (Å²) in [4.78, 5) is 22.4. The Bertz CT molecular complexity index is 643. The average Bonchev–Trinajstić information content (AvgIpc) is 2.38. The second-order valence-corrected chi connectivity index (χ2v) is 6.17. The van der Waals surface area contributed by atoms with E-state index < -0.39 is 34.5 Å². The number of carboxylic acid groups (broad SMARTS) is 1. The number of carbonyl (C=O) groups is 2. The van der Waals surface area contributed by atoms with E-state index in [9.17, 15) is 18.0 Å². The first kappa shape index (κ1) is 14.5. The Balaban J connectivity index is 2.41. The SMILES string of the molecule is [B]c1ccc(S(=O)(=O)N2CC(=O)NCC2C(=O)O)cc1. The summed E-state index contributed by atoms with van der Waals surface area (Å²) in [7, 11) is 1.41. The van der Waals surface area contributed by atoms with Crippen molar-refractivity contribution in [2.45, 2.75) is 10.9 Å². The van der Waals surface area contributed by atoms with Gasteiger partial charge in [-0.05, 0) is 12.1 Å². The van der Waals surface area contributed by atoms with Gasteiger partial charge >= 0.3 is 5.97 Å². The number of carboxylic acids is 1. The van der Waals surface area contributed by atoms with Crippen molar-refractivity contribution in [1.82, 2.24) is 9.62 Å². The summed E-state index contributed by atoms with van der Waals surface area (Å²) in [6.07, 6.45) is 0. The van der Waals surface area contributed by atoms with Gasteiger partial charge in [-0.15, -0.1) is 0 Å². The summed E-state index contributed by atoms with van der Waals surface area (Å²) in [5.74, 6) is -1.86. The molecule has 1 aromatic carbocycles. The molecule has 9 heteroatoms. The number of hydrogen-bond acceptors (Lipinski definition) is 4. The number of amides is 1. The van der Waals surface area contributed by atoms with Crippen LogP contribution in [-0.4, -0.2) is 56.7 Å². The van der Waals surface area contributed by atoms with Crippen molar-refractivity contribution in [3.63, 3.8) is 0 Å². The fraction of sp³-hybridized carbons (Fsp3) is 0.273. The van der Waals surface area contributed by atoms with Crippen LogP contribution in [0.25, 0.3) is 0 Å². The third-order valence-corrected chi connectivity index (χ3v) is 4.78. The van der Waals surface area contributed by atoms with Crippen molar-refractivity contribution in [2.75, 3.05) is 13.1 Å². The lowest BCUT2D eigenvalue weighted by atomic mass is 9.97. The molecule has 1 fully saturated rings. The van der Waals surface area contributed by atoms with E-state index in [2.05, 4.69) is 5.32 Å². The van der Waals surface area contributed by atoms with Gasteiger partial charge in [0.2, 0.25) is 15.9 Å². The minimum absolute atomic E-state index is 0.104. The van der Waals surface area contributed by atoms with Crippen molar-refractivity contribution in [1.29, 1.82) is 0 Å². The van der Waals surface area contributed by atoms with Gasteiger partial charge < -0.3 is 10.4 Å². The van der Waals surface area contributed by atoms with Crippen LogP contribution in [0.4, 0.5) is 0 Å². The fourth-order valence-corrected chi connectivity index (χ4v) is 3.40. The first-order valence-electron chi connectivity index (χ1n) is 5.69. The highest BCUT2D eigenvalue weighted by Crippen LogP contribution is 2.19. The van der Waals surface area contributed by atoms with E-state index in [1.54, 1.807) is 0 Å². The van der Waals surface area contributed by atoms with Crippen LogP contribution in [0.3, 0.4) is 0 Å². The van der Waals surface area contributed by atoms with E-state index in [-0.39, 0.29) is 11.4 Å². The number of aliphatic carboxylic acids is 1. The van der Waals surface area contributed by atoms with Crippen molar-refractivity contribution < 1.29 is 23.1 Å². The van der Waals surface area contributed by atoms with Crippen molar-refractivity contribution in [3.05, 3.63) is 24.3 Å². The maximum atomic E-state index is 12.4. The number of carbonyl (C=O) groups excluding carboxylic acids is 1. The van der Waals surface area contributed by atoms with Gasteiger partial charge in [-0.1, -0.05) is 17.6 Å². The third-order valence-electron chi connectivity index (χ3n) is 2.91. The van der Waals surface area contributed by atoms with E-state index in [1.807, 2.05) is 0 Å². The molecule has 0 aromatic heterocycles. The Morgan fingerprint density at radius 2 is 1.95 bits per heavy atom. The first-order chi connectivity index (χ1) is 9.32. The van der Waals surface area contributed by atoms with Crippen LogP contribution < -0.4 is 10.8 Å². The zero-order valence-corrected chi connectivity index (χ0v) is 11.1. The maximum Gasteiger partial charge on any atom is 0.323 e. The van der Waals surface area contributed by atoms with E-state index in [0.717, 1.165) is 0 Å². The van der Waals surface area contributed by atoms with E-state index in [4.69, 9.17) is 13.0 Å². The number of piperazine rings is 1. The summed E-state index contributed by atoms with van der Waals surface area (Å²) in [6, 6.07) is 4.01. The third kappa shape index (κ3) is 2.68. The predicted octanol–water partition coefficient (Wildman–Crippen LogP) is -1.95. The molecule has 7 nitrogen and oxygen atoms in total. The van der Waals surface area contributed by atoms with Gasteiger partial charge in [0.15, 0.2) is 0 Å². The molecule has 0 bridgehead atoms. The summed E-state index contributed by atoms with van der Waals surface area (Å²) < 4.78 is 25.5. The minimum atomic E-state index is -4.07. The van der Waals surface area contributed by atoms with Crippen LogP contribution in [0.5, 0.6) is 0 Å². The zero-order chi connectivity index (χ0) is 14.9. The molecule has 104 valence electrons. The van der Waals surface area contributed by atoms with Crippen molar-refractivity contribution in [2.24, 2.45) is 0 Å². The molecule has 1 aromatic rings. The maximum absolute atomic E-state index is 12.4. The summed E-state index contributed by atoms with van der Waals surface area (Å²) in [5, 5.41) is 11.4. The number of benzene rings is 1. The molecule has 0 saturated carbocycles. The normalized spacial score (nSPS) is 20.4. The molecule has 2 N–H and O–H groups in total. The van der Waals surface area contributed by atoms with Gasteiger partial charge in [-0.25, -0.2) is 8.42 Å². The number of sulfonamides is 1. The first-order valence-corrected chi connectivity index (χ1v) is 7.13. The number of hydrogen-bond donors (Lipinski definition) is 2. The Morgan fingerprint density at radius 1 is 1.35 bits per heavy atom. The molecule has 1 amide bonds. The number of rotatable bonds is 3. The lowest BCUT2D eigenvalue weighted by Crippen LogP contribution is -2.59. The molecular weight excluding hydrogens is 283 g/mol. The summed E-state index contributed by atoms with van der Waals surface area (Å²) in [6.45, 7) is -0.786. The lowest BCUT2D eigenvalue weighted by molar-refractivity contribution is -0.143. The zero-order valence-electron chi connectivity index (χ0n) is 10.3. The quantitative estimate of drug-likeness (QED) is 0.631. The van der Waals surface area contributed by atoms with Gasteiger partial charge in [-0.2, -0.15) is 4.31 Å². The molecule has 2 radical (unpaired) electrons. The predicted molar refractivity (Wildman–Crippen MR) is 70.2 cm³/mol. The molecule has 2 rings (SSSR count). The monoisotopic (exact) mass is 294 g/mol. The molecule has 20 heavy (non-hydrogen) atoms. The second-order valence-electron chi connectivity index (χ2n) is 4.28. The fourth-order valence-electron chi connectivity index (χ4n) is 1.86. The van der Waals surface area contributed by atoms with E-state index in [0.29, 0.717) is 9.77 Å². The van der Waals surface area contributed by atoms with Gasteiger partial charge in [0.1, 0.15) is 13.9 Å². The molecule has 1 atom stereocenters. The van der Waals surface area contributed by atoms with Gasteiger partial charge in [0.05, 0.1) is 11.4 Å². The van der Waals surface area contributed by atoms with E-state index >= 15 is 0 Å². The largest absolute Gasteiger partial charge is 0.480 e. The van der Waals surface area contributed by atoms with Crippen LogP contribution in [-0.2, 0) is 19.6 Å². The molecule has 1 heterocycles. The standard InChI is InChI=1S/C11H11BN2O5S/c12-7-1-3-8(4-2-7)20(18,19)14-6-10(15)13-5-9(14)11(16)17/h1-4,9H,5-6H2,(H,13,15)(H,16,17). The molecule has 1 saturated heterocycles. The molecule has 1 unspecified atom stereocenters. The molecule has 1 aliphatic heterocycles. The Morgan fingerprint density at radius 3 is 2.50 bits per heavy atom. The Kier molecular flexibility index (Phi) is 3.82. The van der Waals surface area contributed by atoms with Crippen molar-refractivity contribution >= 4 is 35.2 Å². The second kappa shape index (κ2) is 5.26. The van der Waals surface area contributed by atoms with E-state index in [1.165, 1.54) is 24.3 Å². The molecular formula is C11H11BN2O5S. The smallest absolute Gasteiger partial charge is 0.323 e. The highest BCUT2D eigenvalue weighted by Gasteiger charge is 2.40.